The second-order valence-corrected chi connectivity index (χ2v) is 9.70. The number of carbonyl (C=O) groups excluding carboxylic acids is 1. The highest BCUT2D eigenvalue weighted by Crippen LogP contribution is 2.34. The van der Waals surface area contributed by atoms with Crippen LogP contribution >= 0.6 is 0 Å². The zero-order valence-corrected chi connectivity index (χ0v) is 19.5. The molecule has 2 heterocycles. The lowest BCUT2D eigenvalue weighted by molar-refractivity contribution is -0.0395. The largest absolute Gasteiger partial charge is 0.389 e. The van der Waals surface area contributed by atoms with E-state index in [4.69, 9.17) is 4.74 Å². The number of Topliss-reactive ketones (excluding diaryl/α,β-unsaturated/α-hetero) is 1. The van der Waals surface area contributed by atoms with Crippen LogP contribution in [0.5, 0.6) is 0 Å². The van der Waals surface area contributed by atoms with Crippen molar-refractivity contribution in [2.75, 3.05) is 13.2 Å². The first kappa shape index (κ1) is 22.9. The maximum atomic E-state index is 14.7. The molecule has 2 aliphatic rings. The van der Waals surface area contributed by atoms with E-state index in [2.05, 4.69) is 4.98 Å². The number of aliphatic hydroxyl groups excluding tert-OH is 1. The summed E-state index contributed by atoms with van der Waals surface area (Å²) in [5.74, 6) is -0.211. The third kappa shape index (κ3) is 4.30. The van der Waals surface area contributed by atoms with E-state index in [1.807, 2.05) is 19.9 Å². The van der Waals surface area contributed by atoms with Crippen molar-refractivity contribution >= 4 is 16.7 Å². The van der Waals surface area contributed by atoms with Crippen molar-refractivity contribution < 1.29 is 19.0 Å². The van der Waals surface area contributed by atoms with Crippen molar-refractivity contribution in [1.82, 2.24) is 9.55 Å². The fourth-order valence-electron chi connectivity index (χ4n) is 4.88. The maximum Gasteiger partial charge on any atom is 0.261 e. The van der Waals surface area contributed by atoms with Crippen LogP contribution in [0.25, 0.3) is 10.9 Å². The molecular formula is C27H29FN2O4. The Bertz CT molecular complexity index is 1330. The number of aryl methyl sites for hydroxylation is 1. The van der Waals surface area contributed by atoms with Crippen LogP contribution in [0.1, 0.15) is 64.3 Å². The minimum atomic E-state index is -0.763. The highest BCUT2D eigenvalue weighted by Gasteiger charge is 2.28. The first-order valence-electron chi connectivity index (χ1n) is 11.9. The number of aromatic nitrogens is 2. The Kier molecular flexibility index (Phi) is 6.08. The van der Waals surface area contributed by atoms with Gasteiger partial charge in [0.2, 0.25) is 0 Å². The molecule has 1 aromatic heterocycles. The van der Waals surface area contributed by atoms with E-state index >= 15 is 0 Å². The molecule has 1 saturated heterocycles. The van der Waals surface area contributed by atoms with Crippen LogP contribution in [0.4, 0.5) is 4.39 Å². The SMILES string of the molecule is Cc1c(Cc2ccc(C(=O)CC3CC3)c(F)c2)cc2c(=O)n([C@H]3CCOC[C@@H]3O)cnc2c1C. The number of benzene rings is 2. The van der Waals surface area contributed by atoms with Gasteiger partial charge in [-0.15, -0.1) is 0 Å². The Morgan fingerprint density at radius 3 is 2.71 bits per heavy atom. The topological polar surface area (TPSA) is 81.4 Å². The first-order valence-corrected chi connectivity index (χ1v) is 11.9. The van der Waals surface area contributed by atoms with Gasteiger partial charge < -0.3 is 9.84 Å². The molecule has 3 aromatic rings. The summed E-state index contributed by atoms with van der Waals surface area (Å²) < 4.78 is 21.6. The summed E-state index contributed by atoms with van der Waals surface area (Å²) in [4.78, 5) is 30.3. The number of halogens is 1. The Morgan fingerprint density at radius 1 is 1.21 bits per heavy atom. The highest BCUT2D eigenvalue weighted by molar-refractivity contribution is 5.96. The molecular weight excluding hydrogens is 435 g/mol. The molecule has 0 unspecified atom stereocenters. The van der Waals surface area contributed by atoms with Crippen LogP contribution in [0.3, 0.4) is 0 Å². The molecule has 0 radical (unpaired) electrons. The van der Waals surface area contributed by atoms with E-state index in [9.17, 15) is 19.1 Å². The summed E-state index contributed by atoms with van der Waals surface area (Å²) in [7, 11) is 0. The first-order chi connectivity index (χ1) is 16.3. The third-order valence-electron chi connectivity index (χ3n) is 7.30. The van der Waals surface area contributed by atoms with Crippen molar-refractivity contribution in [3.8, 4) is 0 Å². The van der Waals surface area contributed by atoms with Crippen LogP contribution in [-0.2, 0) is 11.2 Å². The number of carbonyl (C=O) groups is 1. The summed E-state index contributed by atoms with van der Waals surface area (Å²) in [6, 6.07) is 6.26. The van der Waals surface area contributed by atoms with E-state index in [0.717, 1.165) is 35.1 Å². The number of ketones is 1. The van der Waals surface area contributed by atoms with Gasteiger partial charge in [0.05, 0.1) is 41.5 Å². The predicted molar refractivity (Wildman–Crippen MR) is 127 cm³/mol. The number of rotatable bonds is 6. The molecule has 1 aliphatic heterocycles. The quantitative estimate of drug-likeness (QED) is 0.557. The highest BCUT2D eigenvalue weighted by atomic mass is 19.1. The molecule has 1 aliphatic carbocycles. The van der Waals surface area contributed by atoms with E-state index in [1.165, 1.54) is 17.0 Å². The summed E-state index contributed by atoms with van der Waals surface area (Å²) in [6.45, 7) is 4.58. The molecule has 7 heteroatoms. The standard InChI is InChI=1S/C27H29FN2O4/c1-15-16(2)26-21(27(33)30(14-29-26)23-7-8-34-13-25(23)32)12-19(15)9-18-5-6-20(22(28)10-18)24(31)11-17-3-4-17/h5-6,10,12,14,17,23,25,32H,3-4,7-9,11,13H2,1-2H3/t23-,25-/m0/s1. The number of aliphatic hydroxyl groups is 1. The average Bonchev–Trinajstić information content (AvgIpc) is 3.62. The Labute approximate surface area is 197 Å². The summed E-state index contributed by atoms with van der Waals surface area (Å²) in [6.07, 6.45) is 4.25. The lowest BCUT2D eigenvalue weighted by Crippen LogP contribution is -2.39. The fraction of sp³-hybridized carbons (Fsp3) is 0.444. The van der Waals surface area contributed by atoms with Crippen molar-refractivity contribution in [2.45, 2.75) is 58.1 Å². The van der Waals surface area contributed by atoms with Crippen LogP contribution in [0, 0.1) is 25.6 Å². The van der Waals surface area contributed by atoms with Crippen molar-refractivity contribution in [1.29, 1.82) is 0 Å². The molecule has 34 heavy (non-hydrogen) atoms. The van der Waals surface area contributed by atoms with Crippen LogP contribution in [0.15, 0.2) is 35.4 Å². The van der Waals surface area contributed by atoms with E-state index in [0.29, 0.717) is 42.7 Å². The van der Waals surface area contributed by atoms with Gasteiger partial charge in [-0.05, 0) is 85.9 Å². The summed E-state index contributed by atoms with van der Waals surface area (Å²) >= 11 is 0. The molecule has 0 spiro atoms. The van der Waals surface area contributed by atoms with Crippen LogP contribution < -0.4 is 5.56 Å². The molecule has 6 nitrogen and oxygen atoms in total. The van der Waals surface area contributed by atoms with Gasteiger partial charge >= 0.3 is 0 Å². The van der Waals surface area contributed by atoms with E-state index in [1.54, 1.807) is 12.1 Å². The smallest absolute Gasteiger partial charge is 0.261 e. The van der Waals surface area contributed by atoms with Gasteiger partial charge in [0, 0.05) is 13.0 Å². The second kappa shape index (κ2) is 9.04. The molecule has 178 valence electrons. The van der Waals surface area contributed by atoms with Gasteiger partial charge in [0.15, 0.2) is 5.78 Å². The van der Waals surface area contributed by atoms with Gasteiger partial charge in [-0.1, -0.05) is 6.07 Å². The fourth-order valence-corrected chi connectivity index (χ4v) is 4.88. The third-order valence-corrected chi connectivity index (χ3v) is 7.30. The molecule has 0 amide bonds. The van der Waals surface area contributed by atoms with Gasteiger partial charge in [-0.25, -0.2) is 9.37 Å². The molecule has 2 fully saturated rings. The zero-order valence-electron chi connectivity index (χ0n) is 19.5. The van der Waals surface area contributed by atoms with Crippen molar-refractivity contribution in [2.24, 2.45) is 5.92 Å². The minimum Gasteiger partial charge on any atom is -0.389 e. The number of nitrogens with zero attached hydrogens (tertiary/aromatic N) is 2. The lowest BCUT2D eigenvalue weighted by Gasteiger charge is -2.29. The molecule has 2 atom stereocenters. The number of hydrogen-bond acceptors (Lipinski definition) is 5. The number of fused-ring (bicyclic) bond motifs is 1. The minimum absolute atomic E-state index is 0.133. The van der Waals surface area contributed by atoms with Crippen molar-refractivity contribution in [3.63, 3.8) is 0 Å². The van der Waals surface area contributed by atoms with Crippen LogP contribution in [-0.4, -0.2) is 39.8 Å². The van der Waals surface area contributed by atoms with Gasteiger partial charge in [-0.2, -0.15) is 0 Å². The summed E-state index contributed by atoms with van der Waals surface area (Å²) in [5, 5.41) is 10.8. The lowest BCUT2D eigenvalue weighted by atomic mass is 9.93. The van der Waals surface area contributed by atoms with E-state index in [-0.39, 0.29) is 29.6 Å². The van der Waals surface area contributed by atoms with Gasteiger partial charge in [0.25, 0.3) is 5.56 Å². The molecule has 1 N–H and O–H groups in total. The Hall–Kier alpha value is -2.90. The molecule has 2 aromatic carbocycles. The second-order valence-electron chi connectivity index (χ2n) is 9.70. The molecule has 5 rings (SSSR count). The molecule has 1 saturated carbocycles. The number of ether oxygens (including phenoxy) is 1. The van der Waals surface area contributed by atoms with E-state index < -0.39 is 11.9 Å². The van der Waals surface area contributed by atoms with Crippen LogP contribution in [0.2, 0.25) is 0 Å². The average molecular weight is 465 g/mol. The van der Waals surface area contributed by atoms with Gasteiger partial charge in [0.1, 0.15) is 5.82 Å². The summed E-state index contributed by atoms with van der Waals surface area (Å²) in [5.41, 5.74) is 4.14. The van der Waals surface area contributed by atoms with Gasteiger partial charge in [-0.3, -0.25) is 14.2 Å². The maximum absolute atomic E-state index is 14.7. The normalized spacial score (nSPS) is 20.6. The Morgan fingerprint density at radius 2 is 2.00 bits per heavy atom. The van der Waals surface area contributed by atoms with Crippen molar-refractivity contribution in [3.05, 3.63) is 74.6 Å². The zero-order chi connectivity index (χ0) is 24.0. The molecule has 0 bridgehead atoms. The monoisotopic (exact) mass is 464 g/mol. The number of hydrogen-bond donors (Lipinski definition) is 1. The predicted octanol–water partition coefficient (Wildman–Crippen LogP) is 4.05. The Balaban J connectivity index is 1.49.